The number of carboxylic acid groups (broad SMARTS) is 1. The molecule has 6 heteroatoms. The molecule has 1 N–H and O–H groups in total. The molecule has 0 fully saturated rings. The van der Waals surface area contributed by atoms with Crippen LogP contribution in [0.5, 0.6) is 0 Å². The van der Waals surface area contributed by atoms with E-state index in [1.54, 1.807) is 6.20 Å². The second-order valence-electron chi connectivity index (χ2n) is 4.36. The summed E-state index contributed by atoms with van der Waals surface area (Å²) in [6, 6.07) is 0. The Kier molecular flexibility index (Phi) is 5.51. The van der Waals surface area contributed by atoms with E-state index in [0.717, 1.165) is 26.1 Å². The van der Waals surface area contributed by atoms with Crippen LogP contribution in [0.2, 0.25) is 0 Å². The predicted octanol–water partition coefficient (Wildman–Crippen LogP) is 0.953. The number of hydrogen-bond donors (Lipinski definition) is 1. The summed E-state index contributed by atoms with van der Waals surface area (Å²) < 4.78 is 0. The molecular weight excluding hydrogens is 232 g/mol. The topological polar surface area (TPSA) is 69.6 Å². The quantitative estimate of drug-likeness (QED) is 0.779. The first-order chi connectivity index (χ1) is 8.54. The highest BCUT2D eigenvalue weighted by Gasteiger charge is 2.11. The van der Waals surface area contributed by atoms with Gasteiger partial charge in [-0.1, -0.05) is 6.92 Å². The number of anilines is 1. The zero-order valence-corrected chi connectivity index (χ0v) is 11.1. The SMILES string of the molecule is CCCN(CCN(C)C)c1cncc(C(=O)O)n1. The van der Waals surface area contributed by atoms with Gasteiger partial charge in [-0.2, -0.15) is 0 Å². The third kappa shape index (κ3) is 4.29. The van der Waals surface area contributed by atoms with Crippen LogP contribution in [0, 0.1) is 0 Å². The maximum atomic E-state index is 10.9. The summed E-state index contributed by atoms with van der Waals surface area (Å²) in [7, 11) is 4.01. The van der Waals surface area contributed by atoms with Crippen molar-refractivity contribution in [3.05, 3.63) is 18.1 Å². The minimum Gasteiger partial charge on any atom is -0.476 e. The Labute approximate surface area is 107 Å². The van der Waals surface area contributed by atoms with E-state index >= 15 is 0 Å². The molecule has 0 aliphatic heterocycles. The maximum absolute atomic E-state index is 10.9. The monoisotopic (exact) mass is 252 g/mol. The Bertz CT molecular complexity index is 395. The molecule has 6 nitrogen and oxygen atoms in total. The molecule has 1 heterocycles. The molecule has 0 aromatic carbocycles. The average molecular weight is 252 g/mol. The van der Waals surface area contributed by atoms with Crippen LogP contribution in [0.3, 0.4) is 0 Å². The van der Waals surface area contributed by atoms with Crippen LogP contribution in [0.25, 0.3) is 0 Å². The highest BCUT2D eigenvalue weighted by molar-refractivity contribution is 5.85. The molecule has 0 spiro atoms. The van der Waals surface area contributed by atoms with E-state index in [0.29, 0.717) is 5.82 Å². The maximum Gasteiger partial charge on any atom is 0.356 e. The van der Waals surface area contributed by atoms with Gasteiger partial charge in [0.15, 0.2) is 5.69 Å². The molecule has 0 atom stereocenters. The number of nitrogens with zero attached hydrogens (tertiary/aromatic N) is 4. The van der Waals surface area contributed by atoms with Gasteiger partial charge in [-0.25, -0.2) is 9.78 Å². The lowest BCUT2D eigenvalue weighted by Crippen LogP contribution is -2.33. The Morgan fingerprint density at radius 3 is 2.56 bits per heavy atom. The lowest BCUT2D eigenvalue weighted by Gasteiger charge is -2.24. The molecule has 0 aliphatic rings. The minimum absolute atomic E-state index is 0.0153. The van der Waals surface area contributed by atoms with Gasteiger partial charge in [-0.05, 0) is 20.5 Å². The zero-order valence-electron chi connectivity index (χ0n) is 11.1. The van der Waals surface area contributed by atoms with Gasteiger partial charge in [0.25, 0.3) is 0 Å². The van der Waals surface area contributed by atoms with Gasteiger partial charge in [0, 0.05) is 19.6 Å². The Morgan fingerprint density at radius 1 is 1.28 bits per heavy atom. The van der Waals surface area contributed by atoms with E-state index < -0.39 is 5.97 Å². The van der Waals surface area contributed by atoms with Crippen molar-refractivity contribution in [3.8, 4) is 0 Å². The summed E-state index contributed by atoms with van der Waals surface area (Å²) in [4.78, 5) is 23.1. The van der Waals surface area contributed by atoms with Crippen LogP contribution < -0.4 is 4.90 Å². The molecule has 1 aromatic rings. The molecule has 1 aromatic heterocycles. The van der Waals surface area contributed by atoms with Crippen LogP contribution in [0.1, 0.15) is 23.8 Å². The molecule has 18 heavy (non-hydrogen) atoms. The number of hydrogen-bond acceptors (Lipinski definition) is 5. The molecule has 0 amide bonds. The molecule has 0 bridgehead atoms. The van der Waals surface area contributed by atoms with E-state index in [4.69, 9.17) is 5.11 Å². The second-order valence-corrected chi connectivity index (χ2v) is 4.36. The Hall–Kier alpha value is -1.69. The van der Waals surface area contributed by atoms with Crippen molar-refractivity contribution in [3.63, 3.8) is 0 Å². The summed E-state index contributed by atoms with van der Waals surface area (Å²) in [6.45, 7) is 4.61. The fraction of sp³-hybridized carbons (Fsp3) is 0.583. The third-order valence-electron chi connectivity index (χ3n) is 2.48. The molecular formula is C12H20N4O2. The summed E-state index contributed by atoms with van der Waals surface area (Å²) in [5, 5.41) is 8.91. The molecule has 0 radical (unpaired) electrons. The summed E-state index contributed by atoms with van der Waals surface area (Å²) in [5.74, 6) is -0.424. The van der Waals surface area contributed by atoms with Crippen LogP contribution in [-0.2, 0) is 0 Å². The highest BCUT2D eigenvalue weighted by Crippen LogP contribution is 2.10. The van der Waals surface area contributed by atoms with Gasteiger partial charge in [-0.15, -0.1) is 0 Å². The van der Waals surface area contributed by atoms with Crippen LogP contribution in [0.15, 0.2) is 12.4 Å². The van der Waals surface area contributed by atoms with Gasteiger partial charge < -0.3 is 14.9 Å². The van der Waals surface area contributed by atoms with Gasteiger partial charge in [0.2, 0.25) is 0 Å². The van der Waals surface area contributed by atoms with Crippen molar-refractivity contribution in [1.82, 2.24) is 14.9 Å². The molecule has 0 unspecified atom stereocenters. The third-order valence-corrected chi connectivity index (χ3v) is 2.48. The number of carbonyl (C=O) groups is 1. The first kappa shape index (κ1) is 14.4. The summed E-state index contributed by atoms with van der Waals surface area (Å²) in [6.07, 6.45) is 3.85. The number of carboxylic acids is 1. The number of aromatic nitrogens is 2. The van der Waals surface area contributed by atoms with Gasteiger partial charge in [0.05, 0.1) is 12.4 Å². The normalized spacial score (nSPS) is 10.7. The predicted molar refractivity (Wildman–Crippen MR) is 70.0 cm³/mol. The molecule has 0 saturated heterocycles. The first-order valence-electron chi connectivity index (χ1n) is 5.99. The first-order valence-corrected chi connectivity index (χ1v) is 5.99. The van der Waals surface area contributed by atoms with E-state index in [1.807, 2.05) is 14.1 Å². The smallest absolute Gasteiger partial charge is 0.356 e. The van der Waals surface area contributed by atoms with Crippen molar-refractivity contribution in [2.45, 2.75) is 13.3 Å². The van der Waals surface area contributed by atoms with Crippen molar-refractivity contribution < 1.29 is 9.90 Å². The summed E-state index contributed by atoms with van der Waals surface area (Å²) in [5.41, 5.74) is -0.0153. The molecule has 1 rings (SSSR count). The standard InChI is InChI=1S/C12H20N4O2/c1-4-5-16(7-6-15(2)3)11-9-13-8-10(14-11)12(17)18/h8-9H,4-7H2,1-3H3,(H,17,18). The number of rotatable bonds is 7. The molecule has 0 aliphatic carbocycles. The fourth-order valence-corrected chi connectivity index (χ4v) is 1.54. The number of aromatic carboxylic acids is 1. The number of likely N-dealkylation sites (N-methyl/N-ethyl adjacent to an activating group) is 1. The van der Waals surface area contributed by atoms with E-state index in [-0.39, 0.29) is 5.69 Å². The van der Waals surface area contributed by atoms with E-state index in [1.165, 1.54) is 6.20 Å². The minimum atomic E-state index is -1.05. The largest absolute Gasteiger partial charge is 0.476 e. The van der Waals surface area contributed by atoms with Crippen molar-refractivity contribution in [2.75, 3.05) is 38.6 Å². The average Bonchev–Trinajstić information content (AvgIpc) is 2.34. The Balaban J connectivity index is 2.83. The van der Waals surface area contributed by atoms with Crippen molar-refractivity contribution in [2.24, 2.45) is 0 Å². The molecule has 0 saturated carbocycles. The van der Waals surface area contributed by atoms with Crippen LogP contribution in [0.4, 0.5) is 5.82 Å². The van der Waals surface area contributed by atoms with Crippen LogP contribution in [-0.4, -0.2) is 59.7 Å². The Morgan fingerprint density at radius 2 is 2.00 bits per heavy atom. The highest BCUT2D eigenvalue weighted by atomic mass is 16.4. The van der Waals surface area contributed by atoms with Gasteiger partial charge >= 0.3 is 5.97 Å². The van der Waals surface area contributed by atoms with Crippen LogP contribution >= 0.6 is 0 Å². The summed E-state index contributed by atoms with van der Waals surface area (Å²) >= 11 is 0. The second kappa shape index (κ2) is 6.90. The van der Waals surface area contributed by atoms with Gasteiger partial charge in [-0.3, -0.25) is 4.98 Å². The zero-order chi connectivity index (χ0) is 13.5. The lowest BCUT2D eigenvalue weighted by molar-refractivity contribution is 0.0690. The van der Waals surface area contributed by atoms with E-state index in [2.05, 4.69) is 26.7 Å². The van der Waals surface area contributed by atoms with Crippen molar-refractivity contribution >= 4 is 11.8 Å². The lowest BCUT2D eigenvalue weighted by atomic mass is 10.3. The van der Waals surface area contributed by atoms with E-state index in [9.17, 15) is 4.79 Å². The van der Waals surface area contributed by atoms with Gasteiger partial charge in [0.1, 0.15) is 5.82 Å². The van der Waals surface area contributed by atoms with Crippen molar-refractivity contribution in [1.29, 1.82) is 0 Å². The molecule has 100 valence electrons. The fourth-order valence-electron chi connectivity index (χ4n) is 1.54.